The Morgan fingerprint density at radius 1 is 1.62 bits per heavy atom. The molecule has 0 aliphatic heterocycles. The molecule has 88 valence electrons. The van der Waals surface area contributed by atoms with Crippen molar-refractivity contribution < 1.29 is 22.7 Å². The summed E-state index contributed by atoms with van der Waals surface area (Å²) < 4.78 is 42.8. The molecule has 0 unspecified atom stereocenters. The predicted molar refractivity (Wildman–Crippen MR) is 52.6 cm³/mol. The Morgan fingerprint density at radius 3 is 2.75 bits per heavy atom. The van der Waals surface area contributed by atoms with Crippen LogP contribution in [0.2, 0.25) is 0 Å². The van der Waals surface area contributed by atoms with Crippen molar-refractivity contribution >= 4 is 21.9 Å². The first kappa shape index (κ1) is 13.0. The number of esters is 1. The molecule has 0 fully saturated rings. The van der Waals surface area contributed by atoms with E-state index in [1.807, 2.05) is 0 Å². The fraction of sp³-hybridized carbons (Fsp3) is 0.333. The van der Waals surface area contributed by atoms with Gasteiger partial charge in [-0.25, -0.2) is 13.8 Å². The lowest BCUT2D eigenvalue weighted by molar-refractivity contribution is -0.139. The Hall–Kier alpha value is -1.11. The second-order valence-electron chi connectivity index (χ2n) is 2.84. The van der Waals surface area contributed by atoms with E-state index >= 15 is 0 Å². The summed E-state index contributed by atoms with van der Waals surface area (Å²) >= 11 is 2.83. The minimum absolute atomic E-state index is 0.0391. The Morgan fingerprint density at radius 2 is 2.25 bits per heavy atom. The van der Waals surface area contributed by atoms with E-state index in [1.165, 1.54) is 0 Å². The molecule has 1 heterocycles. The maximum Gasteiger partial charge on any atom is 0.310 e. The van der Waals surface area contributed by atoms with Crippen molar-refractivity contribution in [2.24, 2.45) is 0 Å². The van der Waals surface area contributed by atoms with Crippen LogP contribution in [-0.2, 0) is 16.0 Å². The van der Waals surface area contributed by atoms with Crippen LogP contribution in [0.5, 0.6) is 0 Å². The van der Waals surface area contributed by atoms with Gasteiger partial charge in [0.15, 0.2) is 0 Å². The van der Waals surface area contributed by atoms with Crippen molar-refractivity contribution in [1.82, 2.24) is 4.98 Å². The van der Waals surface area contributed by atoms with E-state index < -0.39 is 35.9 Å². The molecule has 0 spiro atoms. The van der Waals surface area contributed by atoms with Gasteiger partial charge >= 0.3 is 5.97 Å². The number of pyridine rings is 1. The zero-order chi connectivity index (χ0) is 12.3. The van der Waals surface area contributed by atoms with Crippen molar-refractivity contribution in [3.63, 3.8) is 0 Å². The molecule has 0 amide bonds. The second-order valence-corrected chi connectivity index (χ2v) is 3.70. The lowest BCUT2D eigenvalue weighted by Crippen LogP contribution is -2.11. The van der Waals surface area contributed by atoms with Crippen LogP contribution in [0, 0.1) is 5.95 Å². The molecule has 0 aliphatic rings. The van der Waals surface area contributed by atoms with Gasteiger partial charge in [-0.3, -0.25) is 4.79 Å². The van der Waals surface area contributed by atoms with E-state index in [-0.39, 0.29) is 4.47 Å². The van der Waals surface area contributed by atoms with Gasteiger partial charge in [-0.05, 0) is 15.9 Å². The molecule has 0 atom stereocenters. The molecule has 0 aromatic carbocycles. The van der Waals surface area contributed by atoms with E-state index in [4.69, 9.17) is 0 Å². The first-order valence-corrected chi connectivity index (χ1v) is 4.94. The van der Waals surface area contributed by atoms with Crippen LogP contribution in [0.25, 0.3) is 0 Å². The molecule has 0 saturated carbocycles. The molecule has 0 N–H and O–H groups in total. The van der Waals surface area contributed by atoms with Gasteiger partial charge < -0.3 is 4.74 Å². The number of nitrogens with zero attached hydrogens (tertiary/aromatic N) is 1. The minimum atomic E-state index is -2.90. The Balaban J connectivity index is 3.23. The number of methoxy groups -OCH3 is 1. The highest BCUT2D eigenvalue weighted by molar-refractivity contribution is 9.10. The van der Waals surface area contributed by atoms with Crippen LogP contribution in [0.1, 0.15) is 17.6 Å². The molecule has 3 nitrogen and oxygen atoms in total. The largest absolute Gasteiger partial charge is 0.469 e. The zero-order valence-electron chi connectivity index (χ0n) is 8.14. The number of hydrogen-bond donors (Lipinski definition) is 0. The normalized spacial score (nSPS) is 10.6. The van der Waals surface area contributed by atoms with E-state index in [0.29, 0.717) is 0 Å². The fourth-order valence-corrected chi connectivity index (χ4v) is 1.65. The molecule has 16 heavy (non-hydrogen) atoms. The third-order valence-corrected chi connectivity index (χ3v) is 2.52. The number of ether oxygens (including phenoxy) is 1. The molecular weight excluding hydrogens is 291 g/mol. The van der Waals surface area contributed by atoms with Gasteiger partial charge in [0.25, 0.3) is 6.43 Å². The third kappa shape index (κ3) is 2.72. The lowest BCUT2D eigenvalue weighted by Gasteiger charge is -2.10. The third-order valence-electron chi connectivity index (χ3n) is 1.89. The molecule has 0 aliphatic carbocycles. The highest BCUT2D eigenvalue weighted by Gasteiger charge is 2.23. The Bertz CT molecular complexity index is 412. The van der Waals surface area contributed by atoms with Gasteiger partial charge in [-0.15, -0.1) is 0 Å². The fourth-order valence-electron chi connectivity index (χ4n) is 1.14. The first-order chi connectivity index (χ1) is 7.47. The van der Waals surface area contributed by atoms with Crippen molar-refractivity contribution in [3.05, 3.63) is 27.7 Å². The summed E-state index contributed by atoms with van der Waals surface area (Å²) in [5.41, 5.74) is -1.02. The van der Waals surface area contributed by atoms with Crippen molar-refractivity contribution in [3.8, 4) is 0 Å². The van der Waals surface area contributed by atoms with Crippen LogP contribution in [0.15, 0.2) is 10.7 Å². The van der Waals surface area contributed by atoms with Crippen LogP contribution in [0.3, 0.4) is 0 Å². The molecule has 0 radical (unpaired) electrons. The average Bonchev–Trinajstić information content (AvgIpc) is 2.22. The summed E-state index contributed by atoms with van der Waals surface area (Å²) in [4.78, 5) is 14.2. The molecule has 1 aromatic heterocycles. The Labute approximate surface area is 97.8 Å². The quantitative estimate of drug-likeness (QED) is 0.636. The topological polar surface area (TPSA) is 39.2 Å². The second kappa shape index (κ2) is 5.29. The summed E-state index contributed by atoms with van der Waals surface area (Å²) in [6.07, 6.45) is -2.54. The molecule has 0 bridgehead atoms. The highest BCUT2D eigenvalue weighted by Crippen LogP contribution is 2.31. The van der Waals surface area contributed by atoms with Gasteiger partial charge in [-0.2, -0.15) is 4.39 Å². The summed E-state index contributed by atoms with van der Waals surface area (Å²) in [6, 6.07) is 0. The zero-order valence-corrected chi connectivity index (χ0v) is 9.72. The minimum Gasteiger partial charge on any atom is -0.469 e. The van der Waals surface area contributed by atoms with E-state index in [1.54, 1.807) is 0 Å². The summed E-state index contributed by atoms with van der Waals surface area (Å²) in [5.74, 6) is -1.90. The number of hydrogen-bond acceptors (Lipinski definition) is 3. The average molecular weight is 298 g/mol. The number of carbonyl (C=O) groups excluding carboxylic acids is 1. The van der Waals surface area contributed by atoms with E-state index in [9.17, 15) is 18.0 Å². The summed E-state index contributed by atoms with van der Waals surface area (Å²) in [6.45, 7) is 0. The lowest BCUT2D eigenvalue weighted by atomic mass is 10.1. The summed E-state index contributed by atoms with van der Waals surface area (Å²) in [7, 11) is 1.09. The summed E-state index contributed by atoms with van der Waals surface area (Å²) in [5, 5.41) is 0. The molecule has 1 rings (SSSR count). The SMILES string of the molecule is COC(=O)Cc1c(F)ncc(Br)c1C(F)F. The smallest absolute Gasteiger partial charge is 0.310 e. The van der Waals surface area contributed by atoms with Crippen molar-refractivity contribution in [1.29, 1.82) is 0 Å². The van der Waals surface area contributed by atoms with Gasteiger partial charge in [-0.1, -0.05) is 0 Å². The number of aromatic nitrogens is 1. The predicted octanol–water partition coefficient (Wildman–Crippen LogP) is 2.64. The first-order valence-electron chi connectivity index (χ1n) is 4.15. The van der Waals surface area contributed by atoms with Gasteiger partial charge in [0.2, 0.25) is 5.95 Å². The van der Waals surface area contributed by atoms with Gasteiger partial charge in [0.1, 0.15) is 0 Å². The standard InChI is InChI=1S/C9H7BrF3NO2/c1-16-6(15)2-4-7(8(11)12)5(10)3-14-9(4)13/h3,8H,2H2,1H3. The Kier molecular flexibility index (Phi) is 4.28. The van der Waals surface area contributed by atoms with E-state index in [2.05, 4.69) is 25.7 Å². The highest BCUT2D eigenvalue weighted by atomic mass is 79.9. The number of carbonyl (C=O) groups is 1. The maximum atomic E-state index is 13.2. The molecular formula is C9H7BrF3NO2. The van der Waals surface area contributed by atoms with E-state index in [0.717, 1.165) is 13.3 Å². The monoisotopic (exact) mass is 297 g/mol. The van der Waals surface area contributed by atoms with Crippen molar-refractivity contribution in [2.45, 2.75) is 12.8 Å². The van der Waals surface area contributed by atoms with Crippen LogP contribution in [0.4, 0.5) is 13.2 Å². The molecule has 0 saturated heterocycles. The molecule has 7 heteroatoms. The molecule has 1 aromatic rings. The number of rotatable bonds is 3. The number of halogens is 4. The van der Waals surface area contributed by atoms with Crippen molar-refractivity contribution in [2.75, 3.05) is 7.11 Å². The maximum absolute atomic E-state index is 13.2. The van der Waals surface area contributed by atoms with Crippen LogP contribution < -0.4 is 0 Å². The van der Waals surface area contributed by atoms with Gasteiger partial charge in [0.05, 0.1) is 13.5 Å². The van der Waals surface area contributed by atoms with Crippen LogP contribution >= 0.6 is 15.9 Å². The number of alkyl halides is 2. The van der Waals surface area contributed by atoms with Gasteiger partial charge in [0, 0.05) is 21.8 Å². The van der Waals surface area contributed by atoms with Crippen LogP contribution in [-0.4, -0.2) is 18.1 Å².